The van der Waals surface area contributed by atoms with Gasteiger partial charge >= 0.3 is 0 Å². The van der Waals surface area contributed by atoms with E-state index in [9.17, 15) is 5.11 Å². The molecule has 0 aliphatic rings. The van der Waals surface area contributed by atoms with Gasteiger partial charge in [-0.1, -0.05) is 30.3 Å². The van der Waals surface area contributed by atoms with Crippen molar-refractivity contribution in [3.63, 3.8) is 0 Å². The standard InChI is InChI=1S/C14H18N2O/c1-16-11-10-13(15-16)14(17)9-5-8-12-6-3-2-4-7-12/h2-4,6-7,10-11,14,17H,5,8-9H2,1H3. The van der Waals surface area contributed by atoms with Gasteiger partial charge < -0.3 is 5.11 Å². The first kappa shape index (κ1) is 11.9. The van der Waals surface area contributed by atoms with E-state index >= 15 is 0 Å². The van der Waals surface area contributed by atoms with Crippen molar-refractivity contribution in [3.05, 3.63) is 53.9 Å². The molecular weight excluding hydrogens is 212 g/mol. The second-order valence-corrected chi connectivity index (χ2v) is 4.31. The van der Waals surface area contributed by atoms with Crippen LogP contribution in [0.4, 0.5) is 0 Å². The van der Waals surface area contributed by atoms with Crippen molar-refractivity contribution in [2.75, 3.05) is 0 Å². The highest BCUT2D eigenvalue weighted by Gasteiger charge is 2.09. The first-order chi connectivity index (χ1) is 8.25. The largest absolute Gasteiger partial charge is 0.387 e. The molecule has 0 fully saturated rings. The molecule has 0 saturated carbocycles. The van der Waals surface area contributed by atoms with E-state index in [4.69, 9.17) is 0 Å². The molecule has 2 aromatic rings. The quantitative estimate of drug-likeness (QED) is 0.857. The summed E-state index contributed by atoms with van der Waals surface area (Å²) in [5.74, 6) is 0. The molecule has 90 valence electrons. The molecule has 3 nitrogen and oxygen atoms in total. The number of aliphatic hydroxyl groups excluding tert-OH is 1. The fraction of sp³-hybridized carbons (Fsp3) is 0.357. The molecule has 1 aromatic heterocycles. The van der Waals surface area contributed by atoms with E-state index in [-0.39, 0.29) is 0 Å². The number of aromatic nitrogens is 2. The summed E-state index contributed by atoms with van der Waals surface area (Å²) in [5.41, 5.74) is 2.08. The van der Waals surface area contributed by atoms with Crippen LogP contribution >= 0.6 is 0 Å². The lowest BCUT2D eigenvalue weighted by Gasteiger charge is -2.07. The fourth-order valence-corrected chi connectivity index (χ4v) is 1.90. The Kier molecular flexibility index (Phi) is 3.94. The molecule has 0 bridgehead atoms. The van der Waals surface area contributed by atoms with Gasteiger partial charge in [0.05, 0.1) is 11.8 Å². The van der Waals surface area contributed by atoms with Crippen LogP contribution in [-0.4, -0.2) is 14.9 Å². The van der Waals surface area contributed by atoms with Gasteiger partial charge in [0.25, 0.3) is 0 Å². The Balaban J connectivity index is 1.79. The van der Waals surface area contributed by atoms with Crippen molar-refractivity contribution in [2.45, 2.75) is 25.4 Å². The molecule has 2 rings (SSSR count). The van der Waals surface area contributed by atoms with E-state index in [1.54, 1.807) is 4.68 Å². The molecular formula is C14H18N2O. The Hall–Kier alpha value is -1.61. The van der Waals surface area contributed by atoms with Gasteiger partial charge in [0.2, 0.25) is 0 Å². The summed E-state index contributed by atoms with van der Waals surface area (Å²) in [4.78, 5) is 0. The molecule has 0 aliphatic carbocycles. The van der Waals surface area contributed by atoms with E-state index in [0.29, 0.717) is 0 Å². The van der Waals surface area contributed by atoms with Crippen LogP contribution in [0.3, 0.4) is 0 Å². The first-order valence-electron chi connectivity index (χ1n) is 5.97. The summed E-state index contributed by atoms with van der Waals surface area (Å²) >= 11 is 0. The molecule has 1 atom stereocenters. The minimum atomic E-state index is -0.445. The lowest BCUT2D eigenvalue weighted by atomic mass is 10.0. The van der Waals surface area contributed by atoms with E-state index in [2.05, 4.69) is 17.2 Å². The third-order valence-corrected chi connectivity index (χ3v) is 2.86. The number of rotatable bonds is 5. The molecule has 0 radical (unpaired) electrons. The average Bonchev–Trinajstić information content (AvgIpc) is 2.77. The summed E-state index contributed by atoms with van der Waals surface area (Å²) in [5, 5.41) is 14.1. The molecule has 1 unspecified atom stereocenters. The molecule has 3 heteroatoms. The highest BCUT2D eigenvalue weighted by atomic mass is 16.3. The van der Waals surface area contributed by atoms with Crippen LogP contribution in [0.2, 0.25) is 0 Å². The lowest BCUT2D eigenvalue weighted by Crippen LogP contribution is -2.00. The van der Waals surface area contributed by atoms with Gasteiger partial charge in [0, 0.05) is 13.2 Å². The van der Waals surface area contributed by atoms with Crippen LogP contribution in [0, 0.1) is 0 Å². The van der Waals surface area contributed by atoms with Crippen LogP contribution in [0.5, 0.6) is 0 Å². The Labute approximate surface area is 102 Å². The summed E-state index contributed by atoms with van der Waals surface area (Å²) in [7, 11) is 1.86. The lowest BCUT2D eigenvalue weighted by molar-refractivity contribution is 0.159. The number of benzene rings is 1. The van der Waals surface area contributed by atoms with Crippen molar-refractivity contribution in [2.24, 2.45) is 7.05 Å². The van der Waals surface area contributed by atoms with E-state index in [1.807, 2.05) is 37.5 Å². The van der Waals surface area contributed by atoms with Crippen molar-refractivity contribution >= 4 is 0 Å². The van der Waals surface area contributed by atoms with E-state index < -0.39 is 6.10 Å². The van der Waals surface area contributed by atoms with Crippen LogP contribution in [-0.2, 0) is 13.5 Å². The minimum absolute atomic E-state index is 0.445. The molecule has 1 heterocycles. The Bertz CT molecular complexity index is 450. The topological polar surface area (TPSA) is 38.0 Å². The monoisotopic (exact) mass is 230 g/mol. The minimum Gasteiger partial charge on any atom is -0.387 e. The smallest absolute Gasteiger partial charge is 0.0978 e. The zero-order valence-corrected chi connectivity index (χ0v) is 10.1. The second-order valence-electron chi connectivity index (χ2n) is 4.31. The molecule has 0 aliphatic heterocycles. The summed E-state index contributed by atoms with van der Waals surface area (Å²) in [6.07, 6.45) is 4.15. The average molecular weight is 230 g/mol. The van der Waals surface area contributed by atoms with Crippen LogP contribution < -0.4 is 0 Å². The SMILES string of the molecule is Cn1ccc(C(O)CCCc2ccccc2)n1. The van der Waals surface area contributed by atoms with Crippen molar-refractivity contribution in [3.8, 4) is 0 Å². The van der Waals surface area contributed by atoms with Gasteiger partial charge in [-0.3, -0.25) is 4.68 Å². The van der Waals surface area contributed by atoms with E-state index in [0.717, 1.165) is 25.0 Å². The highest BCUT2D eigenvalue weighted by Crippen LogP contribution is 2.17. The van der Waals surface area contributed by atoms with Gasteiger partial charge in [-0.15, -0.1) is 0 Å². The maximum absolute atomic E-state index is 9.94. The third-order valence-electron chi connectivity index (χ3n) is 2.86. The number of aliphatic hydroxyl groups is 1. The highest BCUT2D eigenvalue weighted by molar-refractivity contribution is 5.14. The van der Waals surface area contributed by atoms with Gasteiger partial charge in [-0.05, 0) is 30.9 Å². The molecule has 0 amide bonds. The van der Waals surface area contributed by atoms with E-state index in [1.165, 1.54) is 5.56 Å². The molecule has 1 N–H and O–H groups in total. The first-order valence-corrected chi connectivity index (χ1v) is 5.97. The number of aryl methyl sites for hydroxylation is 2. The van der Waals surface area contributed by atoms with Crippen LogP contribution in [0.25, 0.3) is 0 Å². The predicted octanol–water partition coefficient (Wildman–Crippen LogP) is 2.48. The zero-order valence-electron chi connectivity index (χ0n) is 10.1. The summed E-state index contributed by atoms with van der Waals surface area (Å²) in [6, 6.07) is 12.2. The van der Waals surface area contributed by atoms with Gasteiger partial charge in [-0.25, -0.2) is 0 Å². The van der Waals surface area contributed by atoms with Gasteiger partial charge in [-0.2, -0.15) is 5.10 Å². The molecule has 17 heavy (non-hydrogen) atoms. The fourth-order valence-electron chi connectivity index (χ4n) is 1.90. The molecule has 0 spiro atoms. The summed E-state index contributed by atoms with van der Waals surface area (Å²) in [6.45, 7) is 0. The Morgan fingerprint density at radius 3 is 2.65 bits per heavy atom. The maximum Gasteiger partial charge on any atom is 0.0978 e. The Morgan fingerprint density at radius 2 is 2.00 bits per heavy atom. The third kappa shape index (κ3) is 3.43. The normalized spacial score (nSPS) is 12.6. The summed E-state index contributed by atoms with van der Waals surface area (Å²) < 4.78 is 1.72. The number of hydrogen-bond acceptors (Lipinski definition) is 2. The predicted molar refractivity (Wildman–Crippen MR) is 67.5 cm³/mol. The zero-order chi connectivity index (χ0) is 12.1. The van der Waals surface area contributed by atoms with Crippen molar-refractivity contribution < 1.29 is 5.11 Å². The van der Waals surface area contributed by atoms with Crippen LogP contribution in [0.15, 0.2) is 42.6 Å². The van der Waals surface area contributed by atoms with Gasteiger partial charge in [0.1, 0.15) is 0 Å². The second kappa shape index (κ2) is 5.64. The van der Waals surface area contributed by atoms with Gasteiger partial charge in [0.15, 0.2) is 0 Å². The molecule has 1 aromatic carbocycles. The maximum atomic E-state index is 9.94. The Morgan fingerprint density at radius 1 is 1.24 bits per heavy atom. The number of hydrogen-bond donors (Lipinski definition) is 1. The van der Waals surface area contributed by atoms with Crippen molar-refractivity contribution in [1.29, 1.82) is 0 Å². The van der Waals surface area contributed by atoms with Crippen LogP contribution in [0.1, 0.15) is 30.2 Å². The number of nitrogens with zero attached hydrogens (tertiary/aromatic N) is 2. The molecule has 0 saturated heterocycles. The van der Waals surface area contributed by atoms with Crippen molar-refractivity contribution in [1.82, 2.24) is 9.78 Å².